The zero-order valence-corrected chi connectivity index (χ0v) is 10.2. The van der Waals surface area contributed by atoms with Crippen LogP contribution in [0.25, 0.3) is 17.0 Å². The number of aldehydes is 1. The topological polar surface area (TPSA) is 34.9 Å². The first-order valence-corrected chi connectivity index (χ1v) is 5.69. The maximum absolute atomic E-state index is 10.6. The summed E-state index contributed by atoms with van der Waals surface area (Å²) in [7, 11) is 0. The molecule has 0 saturated carbocycles. The molecule has 3 heteroatoms. The summed E-state index contributed by atoms with van der Waals surface area (Å²) in [4.78, 5) is 10.6. The highest BCUT2D eigenvalue weighted by Crippen LogP contribution is 2.18. The van der Waals surface area contributed by atoms with Crippen molar-refractivity contribution in [1.82, 2.24) is 9.78 Å². The second-order valence-electron chi connectivity index (χ2n) is 3.80. The van der Waals surface area contributed by atoms with Crippen LogP contribution in [0, 0.1) is 0 Å². The Morgan fingerprint density at radius 3 is 2.56 bits per heavy atom. The Hall–Kier alpha value is -2.42. The summed E-state index contributed by atoms with van der Waals surface area (Å²) in [5.74, 6) is 0. The van der Waals surface area contributed by atoms with E-state index in [-0.39, 0.29) is 0 Å². The quantitative estimate of drug-likeness (QED) is 0.604. The number of carbonyl (C=O) groups excluding carboxylic acids is 1. The lowest BCUT2D eigenvalue weighted by Gasteiger charge is -2.00. The smallest absolute Gasteiger partial charge is 0.150 e. The summed E-state index contributed by atoms with van der Waals surface area (Å²) in [5, 5.41) is 4.47. The van der Waals surface area contributed by atoms with E-state index in [4.69, 9.17) is 0 Å². The van der Waals surface area contributed by atoms with Gasteiger partial charge in [-0.1, -0.05) is 36.9 Å². The zero-order chi connectivity index (χ0) is 13.0. The van der Waals surface area contributed by atoms with E-state index in [0.29, 0.717) is 5.56 Å². The lowest BCUT2D eigenvalue weighted by molar-refractivity contribution is 0.112. The SMILES string of the molecule is C=CC(=CC)n1ccc(-c2ccc(C=O)cc2)n1. The van der Waals surface area contributed by atoms with Crippen LogP contribution in [0.5, 0.6) is 0 Å². The number of benzene rings is 1. The molecule has 18 heavy (non-hydrogen) atoms. The van der Waals surface area contributed by atoms with Crippen LogP contribution in [0.3, 0.4) is 0 Å². The molecule has 0 radical (unpaired) electrons. The lowest BCUT2D eigenvalue weighted by atomic mass is 10.1. The number of hydrogen-bond donors (Lipinski definition) is 0. The van der Waals surface area contributed by atoms with Gasteiger partial charge in [0.2, 0.25) is 0 Å². The van der Waals surface area contributed by atoms with Gasteiger partial charge in [-0.15, -0.1) is 0 Å². The van der Waals surface area contributed by atoms with Gasteiger partial charge in [0, 0.05) is 17.3 Å². The Labute approximate surface area is 106 Å². The molecule has 0 aliphatic carbocycles. The first-order chi connectivity index (χ1) is 8.78. The first-order valence-electron chi connectivity index (χ1n) is 5.69. The van der Waals surface area contributed by atoms with Crippen LogP contribution in [0.2, 0.25) is 0 Å². The fraction of sp³-hybridized carbons (Fsp3) is 0.0667. The third-order valence-corrected chi connectivity index (χ3v) is 2.70. The molecule has 0 amide bonds. The standard InChI is InChI=1S/C15H14N2O/c1-3-14(4-2)17-10-9-15(16-17)13-7-5-12(11-18)6-8-13/h3-11H,1H2,2H3. The van der Waals surface area contributed by atoms with Crippen molar-refractivity contribution in [1.29, 1.82) is 0 Å². The van der Waals surface area contributed by atoms with Crippen molar-refractivity contribution in [3.8, 4) is 11.3 Å². The molecule has 1 aromatic heterocycles. The number of carbonyl (C=O) groups is 1. The van der Waals surface area contributed by atoms with Gasteiger partial charge in [-0.05, 0) is 19.1 Å². The predicted molar refractivity (Wildman–Crippen MR) is 73.2 cm³/mol. The number of aromatic nitrogens is 2. The van der Waals surface area contributed by atoms with E-state index in [9.17, 15) is 4.79 Å². The van der Waals surface area contributed by atoms with Gasteiger partial charge >= 0.3 is 0 Å². The van der Waals surface area contributed by atoms with E-state index in [1.807, 2.05) is 37.4 Å². The Balaban J connectivity index is 2.34. The zero-order valence-electron chi connectivity index (χ0n) is 10.2. The Kier molecular flexibility index (Phi) is 3.53. The number of nitrogens with zero attached hydrogens (tertiary/aromatic N) is 2. The summed E-state index contributed by atoms with van der Waals surface area (Å²) in [6.45, 7) is 5.69. The summed E-state index contributed by atoms with van der Waals surface area (Å²) in [6, 6.07) is 9.28. The summed E-state index contributed by atoms with van der Waals surface area (Å²) in [5.41, 5.74) is 3.46. The normalized spacial score (nSPS) is 11.3. The average Bonchev–Trinajstić information content (AvgIpc) is 2.90. The van der Waals surface area contributed by atoms with E-state index in [1.165, 1.54) is 0 Å². The van der Waals surface area contributed by atoms with Gasteiger partial charge in [-0.2, -0.15) is 5.10 Å². The average molecular weight is 238 g/mol. The number of rotatable bonds is 4. The minimum atomic E-state index is 0.665. The van der Waals surface area contributed by atoms with Crippen LogP contribution in [-0.2, 0) is 0 Å². The molecule has 0 aliphatic rings. The molecule has 1 aromatic carbocycles. The molecule has 0 fully saturated rings. The van der Waals surface area contributed by atoms with Crippen LogP contribution in [0.4, 0.5) is 0 Å². The molecule has 0 N–H and O–H groups in total. The predicted octanol–water partition coefficient (Wildman–Crippen LogP) is 3.41. The molecule has 90 valence electrons. The van der Waals surface area contributed by atoms with Gasteiger partial charge < -0.3 is 0 Å². The third kappa shape index (κ3) is 2.30. The van der Waals surface area contributed by atoms with E-state index in [1.54, 1.807) is 22.9 Å². The molecule has 2 rings (SSSR count). The summed E-state index contributed by atoms with van der Waals surface area (Å²) >= 11 is 0. The van der Waals surface area contributed by atoms with Crippen LogP contribution in [0.1, 0.15) is 17.3 Å². The molecule has 0 spiro atoms. The van der Waals surface area contributed by atoms with Gasteiger partial charge in [-0.25, -0.2) is 4.68 Å². The molecular formula is C15H14N2O. The number of allylic oxidation sites excluding steroid dienone is 3. The molecule has 0 aliphatic heterocycles. The molecular weight excluding hydrogens is 224 g/mol. The molecule has 1 heterocycles. The van der Waals surface area contributed by atoms with Crippen LogP contribution in [0.15, 0.2) is 55.3 Å². The van der Waals surface area contributed by atoms with E-state index in [2.05, 4.69) is 11.7 Å². The summed E-state index contributed by atoms with van der Waals surface area (Å²) < 4.78 is 1.77. The fourth-order valence-electron chi connectivity index (χ4n) is 1.70. The molecule has 3 nitrogen and oxygen atoms in total. The maximum Gasteiger partial charge on any atom is 0.150 e. The van der Waals surface area contributed by atoms with E-state index in [0.717, 1.165) is 23.2 Å². The van der Waals surface area contributed by atoms with Gasteiger partial charge in [0.1, 0.15) is 6.29 Å². The molecule has 0 atom stereocenters. The molecule has 0 unspecified atom stereocenters. The second-order valence-corrected chi connectivity index (χ2v) is 3.80. The first kappa shape index (κ1) is 12.0. The van der Waals surface area contributed by atoms with Crippen molar-refractivity contribution in [3.63, 3.8) is 0 Å². The minimum absolute atomic E-state index is 0.665. The van der Waals surface area contributed by atoms with Crippen LogP contribution < -0.4 is 0 Å². The monoisotopic (exact) mass is 238 g/mol. The minimum Gasteiger partial charge on any atom is -0.298 e. The van der Waals surface area contributed by atoms with Crippen molar-refractivity contribution in [2.45, 2.75) is 6.92 Å². The number of hydrogen-bond acceptors (Lipinski definition) is 2. The van der Waals surface area contributed by atoms with Gasteiger partial charge in [0.05, 0.1) is 11.4 Å². The largest absolute Gasteiger partial charge is 0.298 e. The summed E-state index contributed by atoms with van der Waals surface area (Å²) in [6.07, 6.45) is 6.42. The van der Waals surface area contributed by atoms with Crippen molar-refractivity contribution in [2.24, 2.45) is 0 Å². The molecule has 0 saturated heterocycles. The fourth-order valence-corrected chi connectivity index (χ4v) is 1.70. The van der Waals surface area contributed by atoms with E-state index < -0.39 is 0 Å². The highest BCUT2D eigenvalue weighted by Gasteiger charge is 2.03. The highest BCUT2D eigenvalue weighted by atomic mass is 16.1. The van der Waals surface area contributed by atoms with Crippen LogP contribution in [-0.4, -0.2) is 16.1 Å². The Morgan fingerprint density at radius 1 is 1.28 bits per heavy atom. The van der Waals surface area contributed by atoms with Crippen molar-refractivity contribution >= 4 is 12.0 Å². The Bertz CT molecular complexity index is 591. The third-order valence-electron chi connectivity index (χ3n) is 2.70. The Morgan fingerprint density at radius 2 is 2.00 bits per heavy atom. The second kappa shape index (κ2) is 5.27. The lowest BCUT2D eigenvalue weighted by Crippen LogP contribution is -1.94. The van der Waals surface area contributed by atoms with Crippen molar-refractivity contribution < 1.29 is 4.79 Å². The van der Waals surface area contributed by atoms with Gasteiger partial charge in [0.25, 0.3) is 0 Å². The van der Waals surface area contributed by atoms with Crippen molar-refractivity contribution in [2.75, 3.05) is 0 Å². The van der Waals surface area contributed by atoms with Gasteiger partial charge in [0.15, 0.2) is 0 Å². The van der Waals surface area contributed by atoms with E-state index >= 15 is 0 Å². The van der Waals surface area contributed by atoms with Gasteiger partial charge in [-0.3, -0.25) is 4.79 Å². The van der Waals surface area contributed by atoms with Crippen molar-refractivity contribution in [3.05, 3.63) is 60.8 Å². The van der Waals surface area contributed by atoms with Crippen LogP contribution >= 0.6 is 0 Å². The molecule has 0 bridgehead atoms. The highest BCUT2D eigenvalue weighted by molar-refractivity contribution is 5.76. The molecule has 2 aromatic rings. The maximum atomic E-state index is 10.6.